The lowest BCUT2D eigenvalue weighted by Crippen LogP contribution is -2.23. The molecule has 0 unspecified atom stereocenters. The second-order valence-electron chi connectivity index (χ2n) is 3.60. The number of rotatable bonds is 1. The van der Waals surface area contributed by atoms with E-state index in [1.807, 2.05) is 12.4 Å². The zero-order valence-corrected chi connectivity index (χ0v) is 7.99. The van der Waals surface area contributed by atoms with Crippen LogP contribution in [-0.4, -0.2) is 11.7 Å². The second-order valence-corrected chi connectivity index (χ2v) is 3.60. The third-order valence-electron chi connectivity index (χ3n) is 2.34. The van der Waals surface area contributed by atoms with Crippen LogP contribution in [0.25, 0.3) is 10.8 Å². The Bertz CT molecular complexity index is 418. The van der Waals surface area contributed by atoms with Crippen molar-refractivity contribution in [3.63, 3.8) is 0 Å². The van der Waals surface area contributed by atoms with Crippen LogP contribution in [0.4, 0.5) is 0 Å². The number of hydrogen-bond donors (Lipinski definition) is 0. The molecule has 1 aromatic heterocycles. The van der Waals surface area contributed by atoms with Crippen LogP contribution in [0.15, 0.2) is 36.7 Å². The van der Waals surface area contributed by atoms with Crippen molar-refractivity contribution in [2.24, 2.45) is 0 Å². The molecule has 13 heavy (non-hydrogen) atoms. The van der Waals surface area contributed by atoms with E-state index < -0.39 is 0 Å². The highest BCUT2D eigenvalue weighted by Crippen LogP contribution is 2.09. The van der Waals surface area contributed by atoms with Gasteiger partial charge in [0.05, 0.1) is 0 Å². The van der Waals surface area contributed by atoms with Gasteiger partial charge in [0.15, 0.2) is 6.71 Å². The summed E-state index contributed by atoms with van der Waals surface area (Å²) in [6.07, 6.45) is 3.79. The molecule has 2 rings (SSSR count). The van der Waals surface area contributed by atoms with E-state index in [0.717, 1.165) is 0 Å². The summed E-state index contributed by atoms with van der Waals surface area (Å²) < 4.78 is 0. The summed E-state index contributed by atoms with van der Waals surface area (Å²) in [4.78, 5) is 4.16. The Kier molecular flexibility index (Phi) is 2.05. The highest BCUT2D eigenvalue weighted by molar-refractivity contribution is 6.73. The minimum absolute atomic E-state index is 0.563. The molecular weight excluding hydrogens is 157 g/mol. The van der Waals surface area contributed by atoms with E-state index >= 15 is 0 Å². The molecule has 2 heteroatoms. The van der Waals surface area contributed by atoms with Crippen LogP contribution in [0.3, 0.4) is 0 Å². The van der Waals surface area contributed by atoms with Gasteiger partial charge in [-0.3, -0.25) is 4.98 Å². The average Bonchev–Trinajstić information content (AvgIpc) is 2.17. The van der Waals surface area contributed by atoms with E-state index in [1.54, 1.807) is 0 Å². The van der Waals surface area contributed by atoms with E-state index in [-0.39, 0.29) is 0 Å². The minimum Gasteiger partial charge on any atom is -0.264 e. The van der Waals surface area contributed by atoms with Crippen LogP contribution in [0.1, 0.15) is 0 Å². The lowest BCUT2D eigenvalue weighted by Gasteiger charge is -2.06. The molecule has 0 aliphatic carbocycles. The molecule has 0 fully saturated rings. The van der Waals surface area contributed by atoms with Crippen LogP contribution >= 0.6 is 0 Å². The van der Waals surface area contributed by atoms with Gasteiger partial charge in [-0.15, -0.1) is 0 Å². The third kappa shape index (κ3) is 1.44. The zero-order valence-electron chi connectivity index (χ0n) is 7.99. The van der Waals surface area contributed by atoms with Crippen LogP contribution in [0, 0.1) is 0 Å². The van der Waals surface area contributed by atoms with Crippen LogP contribution in [-0.2, 0) is 0 Å². The summed E-state index contributed by atoms with van der Waals surface area (Å²) in [6.45, 7) is 4.98. The first kappa shape index (κ1) is 8.30. The smallest absolute Gasteiger partial charge is 0.170 e. The maximum Gasteiger partial charge on any atom is 0.170 e. The van der Waals surface area contributed by atoms with Gasteiger partial charge in [-0.1, -0.05) is 37.3 Å². The van der Waals surface area contributed by atoms with Gasteiger partial charge in [-0.2, -0.15) is 0 Å². The molecule has 1 aromatic carbocycles. The molecular formula is C11H12BN. The molecule has 0 saturated heterocycles. The van der Waals surface area contributed by atoms with Crippen molar-refractivity contribution in [1.82, 2.24) is 4.98 Å². The largest absolute Gasteiger partial charge is 0.264 e. The molecule has 1 heterocycles. The van der Waals surface area contributed by atoms with Crippen molar-refractivity contribution in [1.29, 1.82) is 0 Å². The van der Waals surface area contributed by atoms with E-state index in [9.17, 15) is 0 Å². The second kappa shape index (κ2) is 3.21. The normalized spacial score (nSPS) is 10.3. The number of benzene rings is 1. The minimum atomic E-state index is 0.563. The highest BCUT2D eigenvalue weighted by Gasteiger charge is 2.06. The Hall–Kier alpha value is -1.31. The fourth-order valence-corrected chi connectivity index (χ4v) is 1.64. The Labute approximate surface area is 78.9 Å². The van der Waals surface area contributed by atoms with E-state index in [0.29, 0.717) is 6.71 Å². The maximum absolute atomic E-state index is 4.16. The molecule has 64 valence electrons. The van der Waals surface area contributed by atoms with E-state index in [4.69, 9.17) is 0 Å². The van der Waals surface area contributed by atoms with E-state index in [2.05, 4.69) is 42.9 Å². The Morgan fingerprint density at radius 1 is 1.15 bits per heavy atom. The summed E-state index contributed by atoms with van der Waals surface area (Å²) >= 11 is 0. The zero-order chi connectivity index (χ0) is 9.26. The molecule has 0 aliphatic heterocycles. The lowest BCUT2D eigenvalue weighted by atomic mass is 9.48. The van der Waals surface area contributed by atoms with Gasteiger partial charge < -0.3 is 0 Å². The van der Waals surface area contributed by atoms with Crippen LogP contribution < -0.4 is 5.46 Å². The van der Waals surface area contributed by atoms with Crippen molar-refractivity contribution in [3.05, 3.63) is 36.7 Å². The molecule has 0 atom stereocenters. The maximum atomic E-state index is 4.16. The molecule has 1 nitrogen and oxygen atoms in total. The first-order valence-corrected chi connectivity index (χ1v) is 4.61. The summed E-state index contributed by atoms with van der Waals surface area (Å²) in [5.74, 6) is 0. The SMILES string of the molecule is CB(C)c1cccc2ccncc12. The predicted molar refractivity (Wildman–Crippen MR) is 58.9 cm³/mol. The summed E-state index contributed by atoms with van der Waals surface area (Å²) in [5.41, 5.74) is 1.38. The van der Waals surface area contributed by atoms with Gasteiger partial charge in [-0.25, -0.2) is 0 Å². The fourth-order valence-electron chi connectivity index (χ4n) is 1.64. The predicted octanol–water partition coefficient (Wildman–Crippen LogP) is 2.20. The van der Waals surface area contributed by atoms with Gasteiger partial charge in [0, 0.05) is 12.4 Å². The Morgan fingerprint density at radius 3 is 2.77 bits per heavy atom. The summed E-state index contributed by atoms with van der Waals surface area (Å²) in [7, 11) is 0. The van der Waals surface area contributed by atoms with Gasteiger partial charge in [0.2, 0.25) is 0 Å². The van der Waals surface area contributed by atoms with Gasteiger partial charge >= 0.3 is 0 Å². The van der Waals surface area contributed by atoms with E-state index in [1.165, 1.54) is 16.2 Å². The molecule has 0 radical (unpaired) electrons. The first-order valence-electron chi connectivity index (χ1n) is 4.61. The fraction of sp³-hybridized carbons (Fsp3) is 0.182. The summed E-state index contributed by atoms with van der Waals surface area (Å²) in [6, 6.07) is 8.47. The number of hydrogen-bond acceptors (Lipinski definition) is 1. The molecule has 0 amide bonds. The average molecular weight is 169 g/mol. The molecule has 2 aromatic rings. The van der Waals surface area contributed by atoms with Crippen molar-refractivity contribution in [2.45, 2.75) is 13.6 Å². The molecule has 0 spiro atoms. The first-order chi connectivity index (χ1) is 6.29. The monoisotopic (exact) mass is 169 g/mol. The molecule has 0 saturated carbocycles. The number of aromatic nitrogens is 1. The van der Waals surface area contributed by atoms with Crippen molar-refractivity contribution in [2.75, 3.05) is 0 Å². The van der Waals surface area contributed by atoms with Crippen molar-refractivity contribution in [3.8, 4) is 0 Å². The molecule has 0 N–H and O–H groups in total. The van der Waals surface area contributed by atoms with Gasteiger partial charge in [0.1, 0.15) is 0 Å². The quantitative estimate of drug-likeness (QED) is 0.596. The Balaban J connectivity index is 2.76. The highest BCUT2D eigenvalue weighted by atomic mass is 14.6. The molecule has 0 bridgehead atoms. The standard InChI is InChI=1S/C11H12BN/c1-12(2)11-5-3-4-9-6-7-13-8-10(9)11/h3-8H,1-2H3. The Morgan fingerprint density at radius 2 is 2.00 bits per heavy atom. The van der Waals surface area contributed by atoms with Gasteiger partial charge in [-0.05, 0) is 16.8 Å². The topological polar surface area (TPSA) is 12.9 Å². The van der Waals surface area contributed by atoms with Crippen molar-refractivity contribution < 1.29 is 0 Å². The molecule has 0 aliphatic rings. The van der Waals surface area contributed by atoms with Crippen LogP contribution in [0.2, 0.25) is 13.6 Å². The third-order valence-corrected chi connectivity index (χ3v) is 2.34. The van der Waals surface area contributed by atoms with Crippen LogP contribution in [0.5, 0.6) is 0 Å². The lowest BCUT2D eigenvalue weighted by molar-refractivity contribution is 1.37. The number of nitrogens with zero attached hydrogens (tertiary/aromatic N) is 1. The number of fused-ring (bicyclic) bond motifs is 1. The summed E-state index contributed by atoms with van der Waals surface area (Å²) in [5, 5.41) is 2.56. The number of pyridine rings is 1. The van der Waals surface area contributed by atoms with Crippen molar-refractivity contribution >= 4 is 22.9 Å². The van der Waals surface area contributed by atoms with Gasteiger partial charge in [0.25, 0.3) is 0 Å².